The first kappa shape index (κ1) is 15.0. The molecule has 5 nitrogen and oxygen atoms in total. The normalized spacial score (nSPS) is 14.6. The standard InChI is InChI=1S/C14H19BrN2O3/c1-3-4-9(2)16-14(18)17-11-8-13-12(7-10(11)15)19-5-6-20-13/h7-9H,3-6H2,1-2H3,(H2,16,17,18). The van der Waals surface area contributed by atoms with Gasteiger partial charge in [0.1, 0.15) is 13.2 Å². The number of carbonyl (C=O) groups excluding carboxylic acids is 1. The molecule has 6 heteroatoms. The lowest BCUT2D eigenvalue weighted by atomic mass is 10.2. The van der Waals surface area contributed by atoms with Crippen LogP contribution in [0, 0.1) is 0 Å². The summed E-state index contributed by atoms with van der Waals surface area (Å²) in [6.45, 7) is 5.14. The van der Waals surface area contributed by atoms with E-state index in [1.54, 1.807) is 12.1 Å². The molecule has 110 valence electrons. The molecule has 0 bridgehead atoms. The number of ether oxygens (including phenoxy) is 2. The molecule has 1 aliphatic heterocycles. The number of anilines is 1. The zero-order valence-electron chi connectivity index (χ0n) is 11.7. The minimum Gasteiger partial charge on any atom is -0.486 e. The van der Waals surface area contributed by atoms with E-state index in [0.717, 1.165) is 17.3 Å². The van der Waals surface area contributed by atoms with Crippen molar-refractivity contribution in [2.24, 2.45) is 0 Å². The lowest BCUT2D eigenvalue weighted by Gasteiger charge is -2.20. The Morgan fingerprint density at radius 3 is 2.65 bits per heavy atom. The Bertz CT molecular complexity index is 494. The zero-order valence-corrected chi connectivity index (χ0v) is 13.2. The van der Waals surface area contributed by atoms with Gasteiger partial charge in [0.05, 0.1) is 5.69 Å². The van der Waals surface area contributed by atoms with E-state index in [-0.39, 0.29) is 12.1 Å². The molecule has 0 saturated heterocycles. The third-order valence-electron chi connectivity index (χ3n) is 2.98. The van der Waals surface area contributed by atoms with Crippen LogP contribution in [0.5, 0.6) is 11.5 Å². The quantitative estimate of drug-likeness (QED) is 0.879. The third kappa shape index (κ3) is 3.79. The van der Waals surface area contributed by atoms with Crippen LogP contribution in [-0.4, -0.2) is 25.3 Å². The zero-order chi connectivity index (χ0) is 14.5. The average Bonchev–Trinajstić information content (AvgIpc) is 2.39. The van der Waals surface area contributed by atoms with Crippen LogP contribution in [0.2, 0.25) is 0 Å². The van der Waals surface area contributed by atoms with Gasteiger partial charge >= 0.3 is 6.03 Å². The summed E-state index contributed by atoms with van der Waals surface area (Å²) in [4.78, 5) is 11.9. The number of nitrogens with one attached hydrogen (secondary N) is 2. The third-order valence-corrected chi connectivity index (χ3v) is 3.64. The van der Waals surface area contributed by atoms with Gasteiger partial charge in [0.15, 0.2) is 11.5 Å². The van der Waals surface area contributed by atoms with Gasteiger partial charge < -0.3 is 20.1 Å². The van der Waals surface area contributed by atoms with Gasteiger partial charge in [-0.3, -0.25) is 0 Å². The van der Waals surface area contributed by atoms with Crippen molar-refractivity contribution in [1.29, 1.82) is 0 Å². The SMILES string of the molecule is CCCC(C)NC(=O)Nc1cc2c(cc1Br)OCCO2. The Kier molecular flexibility index (Phi) is 5.11. The summed E-state index contributed by atoms with van der Waals surface area (Å²) in [6.07, 6.45) is 1.99. The Labute approximate surface area is 127 Å². The smallest absolute Gasteiger partial charge is 0.319 e. The molecule has 0 saturated carbocycles. The van der Waals surface area contributed by atoms with Gasteiger partial charge in [0.25, 0.3) is 0 Å². The largest absolute Gasteiger partial charge is 0.486 e. The van der Waals surface area contributed by atoms with Crippen LogP contribution in [0.1, 0.15) is 26.7 Å². The summed E-state index contributed by atoms with van der Waals surface area (Å²) in [7, 11) is 0. The van der Waals surface area contributed by atoms with Crippen LogP contribution >= 0.6 is 15.9 Å². The van der Waals surface area contributed by atoms with Crippen molar-refractivity contribution in [2.75, 3.05) is 18.5 Å². The first-order valence-corrected chi connectivity index (χ1v) is 7.56. The van der Waals surface area contributed by atoms with Crippen molar-refractivity contribution in [3.63, 3.8) is 0 Å². The number of amides is 2. The van der Waals surface area contributed by atoms with Crippen LogP contribution in [0.15, 0.2) is 16.6 Å². The van der Waals surface area contributed by atoms with E-state index in [4.69, 9.17) is 9.47 Å². The lowest BCUT2D eigenvalue weighted by molar-refractivity contribution is 0.171. The molecular weight excluding hydrogens is 324 g/mol. The second kappa shape index (κ2) is 6.83. The van der Waals surface area contributed by atoms with E-state index >= 15 is 0 Å². The Morgan fingerprint density at radius 1 is 1.35 bits per heavy atom. The second-order valence-corrected chi connectivity index (χ2v) is 5.62. The van der Waals surface area contributed by atoms with Gasteiger partial charge in [-0.25, -0.2) is 4.79 Å². The molecular formula is C14H19BrN2O3. The fourth-order valence-corrected chi connectivity index (χ4v) is 2.47. The highest BCUT2D eigenvalue weighted by molar-refractivity contribution is 9.10. The first-order valence-electron chi connectivity index (χ1n) is 6.76. The van der Waals surface area contributed by atoms with E-state index < -0.39 is 0 Å². The molecule has 0 aromatic heterocycles. The van der Waals surface area contributed by atoms with Gasteiger partial charge in [-0.2, -0.15) is 0 Å². The maximum atomic E-state index is 11.9. The summed E-state index contributed by atoms with van der Waals surface area (Å²) in [5.74, 6) is 1.34. The number of fused-ring (bicyclic) bond motifs is 1. The molecule has 1 atom stereocenters. The topological polar surface area (TPSA) is 59.6 Å². The molecule has 0 spiro atoms. The predicted molar refractivity (Wildman–Crippen MR) is 81.7 cm³/mol. The first-order chi connectivity index (χ1) is 9.60. The van der Waals surface area contributed by atoms with Crippen molar-refractivity contribution >= 4 is 27.6 Å². The van der Waals surface area contributed by atoms with Crippen molar-refractivity contribution < 1.29 is 14.3 Å². The molecule has 2 amide bonds. The molecule has 2 N–H and O–H groups in total. The molecule has 0 aliphatic carbocycles. The number of carbonyl (C=O) groups is 1. The predicted octanol–water partition coefficient (Wildman–Crippen LogP) is 3.53. The maximum absolute atomic E-state index is 11.9. The maximum Gasteiger partial charge on any atom is 0.319 e. The minimum absolute atomic E-state index is 0.149. The van der Waals surface area contributed by atoms with Crippen molar-refractivity contribution in [3.05, 3.63) is 16.6 Å². The molecule has 1 aromatic carbocycles. The molecule has 1 aromatic rings. The summed E-state index contributed by atoms with van der Waals surface area (Å²) >= 11 is 3.42. The molecule has 2 rings (SSSR count). The lowest BCUT2D eigenvalue weighted by Crippen LogP contribution is -2.36. The highest BCUT2D eigenvalue weighted by Crippen LogP contribution is 2.38. The van der Waals surface area contributed by atoms with E-state index in [1.165, 1.54) is 0 Å². The molecule has 1 aliphatic rings. The number of halogens is 1. The van der Waals surface area contributed by atoms with E-state index in [1.807, 2.05) is 6.92 Å². The van der Waals surface area contributed by atoms with E-state index in [0.29, 0.717) is 30.4 Å². The monoisotopic (exact) mass is 342 g/mol. The Morgan fingerprint density at radius 2 is 2.00 bits per heavy atom. The number of benzene rings is 1. The summed E-state index contributed by atoms with van der Waals surface area (Å²) in [5.41, 5.74) is 0.662. The fourth-order valence-electron chi connectivity index (χ4n) is 2.05. The van der Waals surface area contributed by atoms with Gasteiger partial charge in [0, 0.05) is 22.6 Å². The van der Waals surface area contributed by atoms with E-state index in [2.05, 4.69) is 33.5 Å². The molecule has 0 fully saturated rings. The molecule has 1 heterocycles. The van der Waals surface area contributed by atoms with Crippen LogP contribution in [-0.2, 0) is 0 Å². The van der Waals surface area contributed by atoms with Gasteiger partial charge in [-0.05, 0) is 29.3 Å². The van der Waals surface area contributed by atoms with Crippen molar-refractivity contribution in [1.82, 2.24) is 5.32 Å². The minimum atomic E-state index is -0.219. The van der Waals surface area contributed by atoms with Crippen LogP contribution in [0.25, 0.3) is 0 Å². The van der Waals surface area contributed by atoms with Crippen LogP contribution < -0.4 is 20.1 Å². The second-order valence-electron chi connectivity index (χ2n) is 4.76. The van der Waals surface area contributed by atoms with Crippen molar-refractivity contribution in [3.8, 4) is 11.5 Å². The number of urea groups is 1. The van der Waals surface area contributed by atoms with Gasteiger partial charge in [-0.15, -0.1) is 0 Å². The molecule has 1 unspecified atom stereocenters. The summed E-state index contributed by atoms with van der Waals surface area (Å²) in [5, 5.41) is 5.71. The summed E-state index contributed by atoms with van der Waals surface area (Å²) < 4.78 is 11.7. The Balaban J connectivity index is 2.03. The average molecular weight is 343 g/mol. The number of hydrogen-bond donors (Lipinski definition) is 2. The van der Waals surface area contributed by atoms with Crippen LogP contribution in [0.3, 0.4) is 0 Å². The van der Waals surface area contributed by atoms with Gasteiger partial charge in [0.2, 0.25) is 0 Å². The fraction of sp³-hybridized carbons (Fsp3) is 0.500. The molecule has 20 heavy (non-hydrogen) atoms. The Hall–Kier alpha value is -1.43. The number of hydrogen-bond acceptors (Lipinski definition) is 3. The summed E-state index contributed by atoms with van der Waals surface area (Å²) in [6, 6.07) is 3.50. The van der Waals surface area contributed by atoms with Crippen LogP contribution in [0.4, 0.5) is 10.5 Å². The molecule has 0 radical (unpaired) electrons. The number of rotatable bonds is 4. The van der Waals surface area contributed by atoms with Crippen molar-refractivity contribution in [2.45, 2.75) is 32.7 Å². The highest BCUT2D eigenvalue weighted by atomic mass is 79.9. The van der Waals surface area contributed by atoms with Gasteiger partial charge in [-0.1, -0.05) is 13.3 Å². The van der Waals surface area contributed by atoms with E-state index in [9.17, 15) is 4.79 Å². The highest BCUT2D eigenvalue weighted by Gasteiger charge is 2.16.